The molecular weight excluding hydrogens is 276 g/mol. The van der Waals surface area contributed by atoms with Gasteiger partial charge >= 0.3 is 5.97 Å². The van der Waals surface area contributed by atoms with Gasteiger partial charge in [-0.15, -0.1) is 0 Å². The number of benzene rings is 2. The van der Waals surface area contributed by atoms with Gasteiger partial charge in [-0.1, -0.05) is 42.0 Å². The Hall–Kier alpha value is -2.88. The summed E-state index contributed by atoms with van der Waals surface area (Å²) in [6.07, 6.45) is 0. The molecule has 0 aliphatic carbocycles. The molecule has 0 unspecified atom stereocenters. The topological polar surface area (TPSA) is 55.1 Å². The van der Waals surface area contributed by atoms with Crippen molar-refractivity contribution in [2.45, 2.75) is 13.8 Å². The van der Waals surface area contributed by atoms with E-state index in [1.54, 1.807) is 6.07 Å². The highest BCUT2D eigenvalue weighted by Gasteiger charge is 2.17. The summed E-state index contributed by atoms with van der Waals surface area (Å²) in [5.41, 5.74) is 4.75. The van der Waals surface area contributed by atoms with Gasteiger partial charge < -0.3 is 5.11 Å². The Kier molecular flexibility index (Phi) is 3.51. The van der Waals surface area contributed by atoms with Gasteiger partial charge in [-0.05, 0) is 37.6 Å². The SMILES string of the molecule is Cc1ccc(-c2cc(C(=O)O)n(-c3ccccc3)n2)c(C)c1. The van der Waals surface area contributed by atoms with Gasteiger partial charge in [-0.25, -0.2) is 9.48 Å². The second-order valence-electron chi connectivity index (χ2n) is 5.29. The Morgan fingerprint density at radius 3 is 2.41 bits per heavy atom. The van der Waals surface area contributed by atoms with E-state index >= 15 is 0 Å². The Bertz CT molecular complexity index is 836. The summed E-state index contributed by atoms with van der Waals surface area (Å²) < 4.78 is 1.47. The molecule has 0 aliphatic heterocycles. The molecule has 0 saturated heterocycles. The molecular formula is C18H16N2O2. The van der Waals surface area contributed by atoms with Crippen molar-refractivity contribution in [3.63, 3.8) is 0 Å². The Morgan fingerprint density at radius 2 is 1.77 bits per heavy atom. The summed E-state index contributed by atoms with van der Waals surface area (Å²) in [5.74, 6) is -0.993. The number of hydrogen-bond donors (Lipinski definition) is 1. The fourth-order valence-electron chi connectivity index (χ4n) is 2.53. The van der Waals surface area contributed by atoms with Crippen LogP contribution >= 0.6 is 0 Å². The molecule has 110 valence electrons. The van der Waals surface area contributed by atoms with E-state index in [0.29, 0.717) is 5.69 Å². The first-order valence-electron chi connectivity index (χ1n) is 7.02. The van der Waals surface area contributed by atoms with Crippen LogP contribution < -0.4 is 0 Å². The molecule has 4 heteroatoms. The van der Waals surface area contributed by atoms with Crippen LogP contribution in [0.15, 0.2) is 54.6 Å². The molecule has 0 amide bonds. The minimum absolute atomic E-state index is 0.154. The molecule has 1 N–H and O–H groups in total. The number of carbonyl (C=O) groups is 1. The Balaban J connectivity index is 2.17. The van der Waals surface area contributed by atoms with E-state index < -0.39 is 5.97 Å². The second-order valence-corrected chi connectivity index (χ2v) is 5.29. The maximum absolute atomic E-state index is 11.5. The lowest BCUT2D eigenvalue weighted by molar-refractivity contribution is 0.0687. The molecule has 0 atom stereocenters. The van der Waals surface area contributed by atoms with E-state index in [-0.39, 0.29) is 5.69 Å². The zero-order chi connectivity index (χ0) is 15.7. The second kappa shape index (κ2) is 5.48. The van der Waals surface area contributed by atoms with Crippen LogP contribution in [0.4, 0.5) is 0 Å². The number of hydrogen-bond acceptors (Lipinski definition) is 2. The third-order valence-corrected chi connectivity index (χ3v) is 3.59. The molecule has 0 fully saturated rings. The average molecular weight is 292 g/mol. The van der Waals surface area contributed by atoms with Crippen LogP contribution in [-0.4, -0.2) is 20.9 Å². The van der Waals surface area contributed by atoms with Crippen molar-refractivity contribution in [2.24, 2.45) is 0 Å². The van der Waals surface area contributed by atoms with E-state index in [4.69, 9.17) is 0 Å². The fourth-order valence-corrected chi connectivity index (χ4v) is 2.53. The number of rotatable bonds is 3. The van der Waals surface area contributed by atoms with Gasteiger partial charge in [0.2, 0.25) is 0 Å². The van der Waals surface area contributed by atoms with Crippen molar-refractivity contribution in [2.75, 3.05) is 0 Å². The quantitative estimate of drug-likeness (QED) is 0.797. The van der Waals surface area contributed by atoms with Crippen molar-refractivity contribution in [3.05, 3.63) is 71.4 Å². The van der Waals surface area contributed by atoms with E-state index in [0.717, 1.165) is 16.8 Å². The van der Waals surface area contributed by atoms with Crippen molar-refractivity contribution >= 4 is 5.97 Å². The number of para-hydroxylation sites is 1. The van der Waals surface area contributed by atoms with Gasteiger partial charge in [0.25, 0.3) is 0 Å². The maximum atomic E-state index is 11.5. The minimum atomic E-state index is -0.993. The van der Waals surface area contributed by atoms with Gasteiger partial charge in [0, 0.05) is 5.56 Å². The smallest absolute Gasteiger partial charge is 0.354 e. The highest BCUT2D eigenvalue weighted by molar-refractivity contribution is 5.88. The Morgan fingerprint density at radius 1 is 1.05 bits per heavy atom. The van der Waals surface area contributed by atoms with Crippen molar-refractivity contribution in [3.8, 4) is 16.9 Å². The fraction of sp³-hybridized carbons (Fsp3) is 0.111. The largest absolute Gasteiger partial charge is 0.477 e. The lowest BCUT2D eigenvalue weighted by Crippen LogP contribution is -2.07. The van der Waals surface area contributed by atoms with Crippen LogP contribution in [0.1, 0.15) is 21.6 Å². The number of aromatic nitrogens is 2. The van der Waals surface area contributed by atoms with Crippen LogP contribution in [-0.2, 0) is 0 Å². The van der Waals surface area contributed by atoms with Gasteiger partial charge in [0.15, 0.2) is 5.69 Å². The van der Waals surface area contributed by atoms with Crippen molar-refractivity contribution in [1.29, 1.82) is 0 Å². The number of aromatic carboxylic acids is 1. The highest BCUT2D eigenvalue weighted by atomic mass is 16.4. The lowest BCUT2D eigenvalue weighted by Gasteiger charge is -2.05. The van der Waals surface area contributed by atoms with Crippen molar-refractivity contribution in [1.82, 2.24) is 9.78 Å². The molecule has 4 nitrogen and oxygen atoms in total. The first kappa shape index (κ1) is 14.1. The minimum Gasteiger partial charge on any atom is -0.477 e. The molecule has 3 aromatic rings. The van der Waals surface area contributed by atoms with E-state index in [9.17, 15) is 9.90 Å². The molecule has 1 heterocycles. The van der Waals surface area contributed by atoms with Crippen molar-refractivity contribution < 1.29 is 9.90 Å². The standard InChI is InChI=1S/C18H16N2O2/c1-12-8-9-15(13(2)10-12)16-11-17(18(21)22)20(19-16)14-6-4-3-5-7-14/h3-11H,1-2H3,(H,21,22). The lowest BCUT2D eigenvalue weighted by atomic mass is 10.0. The summed E-state index contributed by atoms with van der Waals surface area (Å²) in [6, 6.07) is 17.0. The summed E-state index contributed by atoms with van der Waals surface area (Å²) in [7, 11) is 0. The van der Waals surface area contributed by atoms with Crippen LogP contribution in [0, 0.1) is 13.8 Å². The van der Waals surface area contributed by atoms with E-state index in [1.165, 1.54) is 10.2 Å². The number of nitrogens with zero attached hydrogens (tertiary/aromatic N) is 2. The van der Waals surface area contributed by atoms with E-state index in [2.05, 4.69) is 11.2 Å². The molecule has 0 spiro atoms. The first-order chi connectivity index (χ1) is 10.6. The molecule has 1 aromatic heterocycles. The monoisotopic (exact) mass is 292 g/mol. The molecule has 3 rings (SSSR count). The molecule has 22 heavy (non-hydrogen) atoms. The number of carboxylic acids is 1. The van der Waals surface area contributed by atoms with Crippen LogP contribution in [0.25, 0.3) is 16.9 Å². The van der Waals surface area contributed by atoms with Crippen LogP contribution in [0.5, 0.6) is 0 Å². The van der Waals surface area contributed by atoms with E-state index in [1.807, 2.05) is 56.3 Å². The van der Waals surface area contributed by atoms with Gasteiger partial charge in [-0.3, -0.25) is 0 Å². The summed E-state index contributed by atoms with van der Waals surface area (Å²) in [6.45, 7) is 4.03. The van der Waals surface area contributed by atoms with Gasteiger partial charge in [0.1, 0.15) is 0 Å². The van der Waals surface area contributed by atoms with Gasteiger partial charge in [0.05, 0.1) is 11.4 Å². The molecule has 0 bridgehead atoms. The van der Waals surface area contributed by atoms with Gasteiger partial charge in [-0.2, -0.15) is 5.10 Å². The predicted octanol–water partition coefficient (Wildman–Crippen LogP) is 3.85. The maximum Gasteiger partial charge on any atom is 0.354 e. The summed E-state index contributed by atoms with van der Waals surface area (Å²) in [5, 5.41) is 13.9. The summed E-state index contributed by atoms with van der Waals surface area (Å²) >= 11 is 0. The zero-order valence-electron chi connectivity index (χ0n) is 12.4. The Labute approximate surface area is 128 Å². The zero-order valence-corrected chi connectivity index (χ0v) is 12.4. The molecule has 0 aliphatic rings. The third kappa shape index (κ3) is 2.51. The summed E-state index contributed by atoms with van der Waals surface area (Å²) in [4.78, 5) is 11.5. The first-order valence-corrected chi connectivity index (χ1v) is 7.02. The normalized spacial score (nSPS) is 10.6. The molecule has 0 saturated carbocycles. The number of carboxylic acid groups (broad SMARTS) is 1. The van der Waals surface area contributed by atoms with Crippen LogP contribution in [0.3, 0.4) is 0 Å². The number of aryl methyl sites for hydroxylation is 2. The average Bonchev–Trinajstić information content (AvgIpc) is 2.93. The van der Waals surface area contributed by atoms with Crippen LogP contribution in [0.2, 0.25) is 0 Å². The molecule has 2 aromatic carbocycles. The third-order valence-electron chi connectivity index (χ3n) is 3.59. The predicted molar refractivity (Wildman–Crippen MR) is 85.4 cm³/mol. The molecule has 0 radical (unpaired) electrons. The highest BCUT2D eigenvalue weighted by Crippen LogP contribution is 2.25.